The van der Waals surface area contributed by atoms with Crippen molar-refractivity contribution >= 4 is 23.4 Å². The van der Waals surface area contributed by atoms with E-state index in [0.717, 1.165) is 24.5 Å². The van der Waals surface area contributed by atoms with Crippen molar-refractivity contribution in [2.75, 3.05) is 30.4 Å². The standard InChI is InChI=1S/C20H22N6O2/c1-3-28-19(27)16-4-6-17(7-5-16)23-20-24-18(14-22-25-20)26(2)13-10-15-8-11-21-12-9-15/h4-9,11-12,14H,3,10,13H2,1-2H3,(H,23,24,25). The van der Waals surface area contributed by atoms with Gasteiger partial charge in [-0.15, -0.1) is 5.10 Å². The molecule has 28 heavy (non-hydrogen) atoms. The zero-order chi connectivity index (χ0) is 19.8. The Morgan fingerprint density at radius 2 is 1.89 bits per heavy atom. The Morgan fingerprint density at radius 1 is 1.14 bits per heavy atom. The molecule has 0 unspecified atom stereocenters. The average Bonchev–Trinajstić information content (AvgIpc) is 2.73. The summed E-state index contributed by atoms with van der Waals surface area (Å²) in [4.78, 5) is 22.3. The summed E-state index contributed by atoms with van der Waals surface area (Å²) in [5, 5.41) is 11.1. The van der Waals surface area contributed by atoms with Crippen LogP contribution in [0, 0.1) is 0 Å². The molecule has 0 saturated carbocycles. The van der Waals surface area contributed by atoms with Crippen molar-refractivity contribution in [2.45, 2.75) is 13.3 Å². The van der Waals surface area contributed by atoms with E-state index >= 15 is 0 Å². The van der Waals surface area contributed by atoms with E-state index in [2.05, 4.69) is 25.5 Å². The van der Waals surface area contributed by atoms with E-state index in [4.69, 9.17) is 4.74 Å². The number of hydrogen-bond donors (Lipinski definition) is 1. The molecule has 0 aliphatic heterocycles. The minimum absolute atomic E-state index is 0.343. The molecule has 0 atom stereocenters. The summed E-state index contributed by atoms with van der Waals surface area (Å²) in [6.07, 6.45) is 6.08. The molecule has 0 radical (unpaired) electrons. The molecule has 0 spiro atoms. The van der Waals surface area contributed by atoms with E-state index < -0.39 is 0 Å². The van der Waals surface area contributed by atoms with Crippen LogP contribution in [-0.4, -0.2) is 46.3 Å². The number of anilines is 3. The van der Waals surface area contributed by atoms with Crippen molar-refractivity contribution in [3.8, 4) is 0 Å². The van der Waals surface area contributed by atoms with Crippen molar-refractivity contribution in [1.29, 1.82) is 0 Å². The lowest BCUT2D eigenvalue weighted by Crippen LogP contribution is -2.22. The van der Waals surface area contributed by atoms with E-state index in [0.29, 0.717) is 18.1 Å². The van der Waals surface area contributed by atoms with Crippen LogP contribution in [0.4, 0.5) is 17.5 Å². The van der Waals surface area contributed by atoms with Gasteiger partial charge >= 0.3 is 5.97 Å². The Balaban J connectivity index is 1.62. The third kappa shape index (κ3) is 5.23. The molecule has 0 bridgehead atoms. The van der Waals surface area contributed by atoms with Crippen molar-refractivity contribution < 1.29 is 9.53 Å². The number of nitrogens with zero attached hydrogens (tertiary/aromatic N) is 5. The molecule has 0 aliphatic carbocycles. The lowest BCUT2D eigenvalue weighted by molar-refractivity contribution is 0.0526. The molecule has 0 aliphatic rings. The highest BCUT2D eigenvalue weighted by molar-refractivity contribution is 5.89. The first kappa shape index (κ1) is 19.2. The normalized spacial score (nSPS) is 10.4. The Hall–Kier alpha value is -3.55. The highest BCUT2D eigenvalue weighted by Gasteiger charge is 2.08. The Bertz CT molecular complexity index is 902. The second-order valence-corrected chi connectivity index (χ2v) is 6.09. The maximum absolute atomic E-state index is 11.7. The van der Waals surface area contributed by atoms with Crippen molar-refractivity contribution in [1.82, 2.24) is 20.2 Å². The minimum atomic E-state index is -0.343. The van der Waals surface area contributed by atoms with Crippen LogP contribution in [0.1, 0.15) is 22.8 Å². The summed E-state index contributed by atoms with van der Waals surface area (Å²) in [6, 6.07) is 10.9. The zero-order valence-electron chi connectivity index (χ0n) is 15.9. The fraction of sp³-hybridized carbons (Fsp3) is 0.250. The number of aromatic nitrogens is 4. The molecule has 144 valence electrons. The van der Waals surface area contributed by atoms with Gasteiger partial charge in [0.05, 0.1) is 18.4 Å². The van der Waals surface area contributed by atoms with Crippen LogP contribution in [0.15, 0.2) is 55.0 Å². The molecule has 2 heterocycles. The molecule has 3 aromatic rings. The van der Waals surface area contributed by atoms with Crippen molar-refractivity contribution in [2.24, 2.45) is 0 Å². The van der Waals surface area contributed by atoms with E-state index in [1.165, 1.54) is 5.56 Å². The quantitative estimate of drug-likeness (QED) is 0.598. The molecule has 0 amide bonds. The molecule has 0 fully saturated rings. The van der Waals surface area contributed by atoms with Crippen LogP contribution in [0.2, 0.25) is 0 Å². The summed E-state index contributed by atoms with van der Waals surface area (Å²) >= 11 is 0. The molecule has 3 rings (SSSR count). The second-order valence-electron chi connectivity index (χ2n) is 6.09. The lowest BCUT2D eigenvalue weighted by Gasteiger charge is -2.18. The van der Waals surface area contributed by atoms with Crippen LogP contribution >= 0.6 is 0 Å². The number of rotatable bonds is 8. The van der Waals surface area contributed by atoms with Gasteiger partial charge in [-0.2, -0.15) is 10.1 Å². The van der Waals surface area contributed by atoms with Crippen LogP contribution in [0.25, 0.3) is 0 Å². The zero-order valence-corrected chi connectivity index (χ0v) is 15.9. The third-order valence-electron chi connectivity index (χ3n) is 4.07. The first-order chi connectivity index (χ1) is 13.7. The number of nitrogens with one attached hydrogen (secondary N) is 1. The highest BCUT2D eigenvalue weighted by Crippen LogP contribution is 2.16. The van der Waals surface area contributed by atoms with Gasteiger partial charge in [0.15, 0.2) is 5.82 Å². The predicted octanol–water partition coefficient (Wildman–Crippen LogP) is 2.87. The summed E-state index contributed by atoms with van der Waals surface area (Å²) in [5.41, 5.74) is 2.46. The van der Waals surface area contributed by atoms with Gasteiger partial charge in [-0.25, -0.2) is 4.79 Å². The maximum Gasteiger partial charge on any atom is 0.338 e. The van der Waals surface area contributed by atoms with Crippen LogP contribution in [-0.2, 0) is 11.2 Å². The predicted molar refractivity (Wildman–Crippen MR) is 107 cm³/mol. The average molecular weight is 378 g/mol. The fourth-order valence-electron chi connectivity index (χ4n) is 2.53. The van der Waals surface area contributed by atoms with Gasteiger partial charge in [0, 0.05) is 31.7 Å². The summed E-state index contributed by atoms with van der Waals surface area (Å²) in [6.45, 7) is 2.91. The molecule has 8 nitrogen and oxygen atoms in total. The van der Waals surface area contributed by atoms with Gasteiger partial charge in [0.25, 0.3) is 0 Å². The van der Waals surface area contributed by atoms with Crippen LogP contribution < -0.4 is 10.2 Å². The van der Waals surface area contributed by atoms with Gasteiger partial charge in [-0.1, -0.05) is 0 Å². The number of esters is 1. The molecule has 8 heteroatoms. The lowest BCUT2D eigenvalue weighted by atomic mass is 10.2. The number of likely N-dealkylation sites (N-methyl/N-ethyl adjacent to an activating group) is 1. The minimum Gasteiger partial charge on any atom is -0.462 e. The molecule has 1 N–H and O–H groups in total. The Morgan fingerprint density at radius 3 is 2.61 bits per heavy atom. The summed E-state index contributed by atoms with van der Waals surface area (Å²) in [5.74, 6) is 0.761. The third-order valence-corrected chi connectivity index (χ3v) is 4.07. The van der Waals surface area contributed by atoms with E-state index in [1.54, 1.807) is 49.8 Å². The fourth-order valence-corrected chi connectivity index (χ4v) is 2.53. The molecular formula is C20H22N6O2. The summed E-state index contributed by atoms with van der Waals surface area (Å²) in [7, 11) is 1.96. The van der Waals surface area contributed by atoms with Gasteiger partial charge in [0.2, 0.25) is 5.95 Å². The number of benzene rings is 1. The number of carbonyl (C=O) groups is 1. The highest BCUT2D eigenvalue weighted by atomic mass is 16.5. The van der Waals surface area contributed by atoms with Crippen LogP contribution in [0.3, 0.4) is 0 Å². The van der Waals surface area contributed by atoms with Gasteiger partial charge in [-0.05, 0) is 55.3 Å². The molecule has 1 aromatic carbocycles. The Labute approximate surface area is 163 Å². The van der Waals surface area contributed by atoms with Gasteiger partial charge in [0.1, 0.15) is 0 Å². The van der Waals surface area contributed by atoms with E-state index in [9.17, 15) is 4.79 Å². The largest absolute Gasteiger partial charge is 0.462 e. The van der Waals surface area contributed by atoms with Crippen molar-refractivity contribution in [3.63, 3.8) is 0 Å². The molecular weight excluding hydrogens is 356 g/mol. The summed E-state index contributed by atoms with van der Waals surface area (Å²) < 4.78 is 4.98. The number of pyridine rings is 1. The van der Waals surface area contributed by atoms with Crippen molar-refractivity contribution in [3.05, 3.63) is 66.1 Å². The maximum atomic E-state index is 11.7. The SMILES string of the molecule is CCOC(=O)c1ccc(Nc2nncc(N(C)CCc3ccncc3)n2)cc1. The second kappa shape index (κ2) is 9.40. The monoisotopic (exact) mass is 378 g/mol. The Kier molecular flexibility index (Phi) is 6.46. The smallest absolute Gasteiger partial charge is 0.338 e. The molecule has 2 aromatic heterocycles. The number of carbonyl (C=O) groups excluding carboxylic acids is 1. The number of hydrogen-bond acceptors (Lipinski definition) is 8. The first-order valence-electron chi connectivity index (χ1n) is 8.99. The topological polar surface area (TPSA) is 93.1 Å². The molecule has 0 saturated heterocycles. The first-order valence-corrected chi connectivity index (χ1v) is 8.99. The van der Waals surface area contributed by atoms with Gasteiger partial charge in [-0.3, -0.25) is 4.98 Å². The van der Waals surface area contributed by atoms with Gasteiger partial charge < -0.3 is 15.0 Å². The van der Waals surface area contributed by atoms with E-state index in [-0.39, 0.29) is 5.97 Å². The number of ether oxygens (including phenoxy) is 1. The van der Waals surface area contributed by atoms with Crippen LogP contribution in [0.5, 0.6) is 0 Å². The van der Waals surface area contributed by atoms with E-state index in [1.807, 2.05) is 24.1 Å².